The Morgan fingerprint density at radius 1 is 1.50 bits per heavy atom. The normalized spacial score (nSPS) is 14.4. The average Bonchev–Trinajstić information content (AvgIpc) is 2.29. The van der Waals surface area contributed by atoms with E-state index in [1.807, 2.05) is 0 Å². The van der Waals surface area contributed by atoms with E-state index in [0.29, 0.717) is 0 Å². The highest BCUT2D eigenvalue weighted by atomic mass is 32.2. The van der Waals surface area contributed by atoms with Crippen LogP contribution < -0.4 is 10.4 Å². The molecular formula is C11H16BNO6S. The lowest BCUT2D eigenvalue weighted by Gasteiger charge is -2.21. The van der Waals surface area contributed by atoms with Gasteiger partial charge in [-0.25, -0.2) is 8.42 Å². The molecule has 0 amide bonds. The summed E-state index contributed by atoms with van der Waals surface area (Å²) in [6, 6.07) is 4.10. The number of sulfone groups is 1. The predicted octanol–water partition coefficient (Wildman–Crippen LogP) is -0.928. The summed E-state index contributed by atoms with van der Waals surface area (Å²) in [5, 5.41) is 17.7. The predicted molar refractivity (Wildman–Crippen MR) is 73.5 cm³/mol. The molecule has 1 aromatic rings. The van der Waals surface area contributed by atoms with Gasteiger partial charge in [-0.15, -0.1) is 0 Å². The third kappa shape index (κ3) is 3.96. The van der Waals surface area contributed by atoms with Crippen LogP contribution in [0.4, 0.5) is 0 Å². The van der Waals surface area contributed by atoms with Crippen LogP contribution in [0.25, 0.3) is 0 Å². The van der Waals surface area contributed by atoms with Gasteiger partial charge < -0.3 is 20.5 Å². The van der Waals surface area contributed by atoms with Gasteiger partial charge in [-0.2, -0.15) is 0 Å². The smallest absolute Gasteiger partial charge is 0.504 e. The number of hydrogen-bond acceptors (Lipinski definition) is 6. The second kappa shape index (κ2) is 5.82. The molecule has 0 saturated heterocycles. The van der Waals surface area contributed by atoms with E-state index < -0.39 is 29.0 Å². The molecule has 1 rings (SSSR count). The van der Waals surface area contributed by atoms with Crippen LogP contribution >= 0.6 is 0 Å². The molecule has 20 heavy (non-hydrogen) atoms. The van der Waals surface area contributed by atoms with E-state index in [0.717, 1.165) is 6.26 Å². The fourth-order valence-electron chi connectivity index (χ4n) is 1.66. The van der Waals surface area contributed by atoms with Gasteiger partial charge in [0.05, 0.1) is 4.90 Å². The highest BCUT2D eigenvalue weighted by Crippen LogP contribution is 2.25. The number of nitrogens with two attached hydrogens (primary N) is 1. The minimum absolute atomic E-state index is 0.0682. The molecule has 0 unspecified atom stereocenters. The quantitative estimate of drug-likeness (QED) is 0.579. The van der Waals surface area contributed by atoms with Crippen molar-refractivity contribution in [3.8, 4) is 5.75 Å². The Balaban J connectivity index is 3.30. The molecule has 1 atom stereocenters. The van der Waals surface area contributed by atoms with Crippen molar-refractivity contribution in [2.75, 3.05) is 6.26 Å². The number of hydrogen-bond donors (Lipinski definition) is 3. The highest BCUT2D eigenvalue weighted by Gasteiger charge is 2.30. The van der Waals surface area contributed by atoms with Crippen LogP contribution in [-0.4, -0.2) is 44.0 Å². The SMILES string of the molecule is C[C@](N)(Cc1ccc(OBO)cc1S(C)(=O)=O)C(=O)O. The lowest BCUT2D eigenvalue weighted by Crippen LogP contribution is -2.47. The summed E-state index contributed by atoms with van der Waals surface area (Å²) in [5.74, 6) is -1.06. The van der Waals surface area contributed by atoms with Gasteiger partial charge in [0, 0.05) is 12.7 Å². The summed E-state index contributed by atoms with van der Waals surface area (Å²) in [6.45, 7) is 1.31. The molecule has 0 bridgehead atoms. The first-order valence-corrected chi connectivity index (χ1v) is 7.56. The van der Waals surface area contributed by atoms with Gasteiger partial charge in [0.15, 0.2) is 9.84 Å². The fourth-order valence-corrected chi connectivity index (χ4v) is 2.61. The molecule has 0 aliphatic rings. The summed E-state index contributed by atoms with van der Waals surface area (Å²) in [6.07, 6.45) is 0.854. The molecule has 1 aromatic carbocycles. The first-order chi connectivity index (χ1) is 9.08. The Labute approximate surface area is 117 Å². The molecule has 7 nitrogen and oxygen atoms in total. The molecule has 0 spiro atoms. The lowest BCUT2D eigenvalue weighted by molar-refractivity contribution is -0.142. The zero-order chi connectivity index (χ0) is 15.6. The van der Waals surface area contributed by atoms with Gasteiger partial charge in [-0.1, -0.05) is 6.07 Å². The monoisotopic (exact) mass is 301 g/mol. The van der Waals surface area contributed by atoms with E-state index in [4.69, 9.17) is 20.5 Å². The summed E-state index contributed by atoms with van der Waals surface area (Å²) in [7, 11) is -4.17. The second-order valence-electron chi connectivity index (χ2n) is 4.71. The van der Waals surface area contributed by atoms with Crippen LogP contribution in [-0.2, 0) is 21.1 Å². The molecule has 0 heterocycles. The molecule has 9 heteroatoms. The fraction of sp³-hybridized carbons (Fsp3) is 0.364. The summed E-state index contributed by atoms with van der Waals surface area (Å²) in [4.78, 5) is 11.0. The van der Waals surface area contributed by atoms with Crippen molar-refractivity contribution in [1.82, 2.24) is 0 Å². The van der Waals surface area contributed by atoms with Crippen molar-refractivity contribution in [3.05, 3.63) is 23.8 Å². The Morgan fingerprint density at radius 2 is 2.10 bits per heavy atom. The van der Waals surface area contributed by atoms with Gasteiger partial charge in [0.2, 0.25) is 0 Å². The molecule has 4 N–H and O–H groups in total. The van der Waals surface area contributed by atoms with Gasteiger partial charge in [0.25, 0.3) is 0 Å². The van der Waals surface area contributed by atoms with Crippen LogP contribution in [0.2, 0.25) is 0 Å². The zero-order valence-electron chi connectivity index (χ0n) is 11.2. The molecule has 0 aromatic heterocycles. The number of aliphatic carboxylic acids is 1. The molecule has 0 aliphatic carbocycles. The van der Waals surface area contributed by atoms with E-state index in [1.54, 1.807) is 0 Å². The standard InChI is InChI=1S/C11H16BNO6S/c1-11(13,10(14)15)6-7-3-4-8(19-12-16)5-9(7)20(2,17)18/h3-5,12,16H,6,13H2,1-2H3,(H,14,15)/t11-/m0/s1. The van der Waals surface area contributed by atoms with Crippen LogP contribution in [0.5, 0.6) is 5.75 Å². The van der Waals surface area contributed by atoms with Crippen molar-refractivity contribution >= 4 is 23.5 Å². The van der Waals surface area contributed by atoms with E-state index >= 15 is 0 Å². The van der Waals surface area contributed by atoms with E-state index in [9.17, 15) is 13.2 Å². The Kier molecular flexibility index (Phi) is 4.79. The average molecular weight is 301 g/mol. The summed E-state index contributed by atoms with van der Waals surface area (Å²) >= 11 is 0. The number of carboxylic acids is 1. The Morgan fingerprint density at radius 3 is 2.55 bits per heavy atom. The topological polar surface area (TPSA) is 127 Å². The van der Waals surface area contributed by atoms with Crippen molar-refractivity contribution in [2.45, 2.75) is 23.8 Å². The first-order valence-electron chi connectivity index (χ1n) is 5.67. The maximum absolute atomic E-state index is 11.8. The van der Waals surface area contributed by atoms with Gasteiger partial charge in [0.1, 0.15) is 11.3 Å². The zero-order valence-corrected chi connectivity index (χ0v) is 12.0. The van der Waals surface area contributed by atoms with Crippen molar-refractivity contribution in [1.29, 1.82) is 0 Å². The van der Waals surface area contributed by atoms with E-state index in [1.165, 1.54) is 25.1 Å². The van der Waals surface area contributed by atoms with Gasteiger partial charge in [-0.3, -0.25) is 4.79 Å². The first kappa shape index (κ1) is 16.5. The number of benzene rings is 1. The van der Waals surface area contributed by atoms with Crippen LogP contribution in [0.15, 0.2) is 23.1 Å². The molecular weight excluding hydrogens is 285 g/mol. The number of carboxylic acid groups (broad SMARTS) is 1. The van der Waals surface area contributed by atoms with Crippen LogP contribution in [0.3, 0.4) is 0 Å². The second-order valence-corrected chi connectivity index (χ2v) is 6.70. The van der Waals surface area contributed by atoms with Crippen molar-refractivity contribution in [3.63, 3.8) is 0 Å². The highest BCUT2D eigenvalue weighted by molar-refractivity contribution is 7.90. The van der Waals surface area contributed by atoms with Gasteiger partial charge >= 0.3 is 13.7 Å². The number of carbonyl (C=O) groups is 1. The van der Waals surface area contributed by atoms with Gasteiger partial charge in [-0.05, 0) is 24.6 Å². The Bertz CT molecular complexity index is 613. The minimum atomic E-state index is -3.58. The lowest BCUT2D eigenvalue weighted by atomic mass is 9.94. The maximum atomic E-state index is 11.8. The third-order valence-corrected chi connectivity index (χ3v) is 3.89. The molecule has 0 saturated carbocycles. The molecule has 0 aliphatic heterocycles. The number of rotatable bonds is 6. The van der Waals surface area contributed by atoms with Crippen LogP contribution in [0.1, 0.15) is 12.5 Å². The maximum Gasteiger partial charge on any atom is 0.504 e. The summed E-state index contributed by atoms with van der Waals surface area (Å²) in [5.41, 5.74) is 4.33. The van der Waals surface area contributed by atoms with Crippen LogP contribution in [0, 0.1) is 0 Å². The van der Waals surface area contributed by atoms with E-state index in [2.05, 4.69) is 0 Å². The Hall–Kier alpha value is -1.58. The van der Waals surface area contributed by atoms with Crippen molar-refractivity contribution in [2.24, 2.45) is 5.73 Å². The molecule has 110 valence electrons. The molecule has 0 fully saturated rings. The third-order valence-electron chi connectivity index (χ3n) is 2.72. The van der Waals surface area contributed by atoms with Crippen molar-refractivity contribution < 1.29 is 28.0 Å². The summed E-state index contributed by atoms with van der Waals surface area (Å²) < 4.78 is 28.3. The molecule has 0 radical (unpaired) electrons. The largest absolute Gasteiger partial charge is 0.539 e. The minimum Gasteiger partial charge on any atom is -0.539 e. The van der Waals surface area contributed by atoms with E-state index in [-0.39, 0.29) is 22.6 Å².